The average molecular weight is 443 g/mol. The van der Waals surface area contributed by atoms with Crippen molar-refractivity contribution in [2.24, 2.45) is 0 Å². The Labute approximate surface area is 186 Å². The lowest BCUT2D eigenvalue weighted by molar-refractivity contribution is -0.119. The Morgan fingerprint density at radius 3 is 2.78 bits per heavy atom. The summed E-state index contributed by atoms with van der Waals surface area (Å²) < 4.78 is 3.14. The molecule has 8 nitrogen and oxygen atoms in total. The van der Waals surface area contributed by atoms with Crippen LogP contribution in [-0.2, 0) is 4.79 Å². The molecule has 0 fully saturated rings. The molecule has 1 amide bonds. The van der Waals surface area contributed by atoms with Gasteiger partial charge in [-0.05, 0) is 37.3 Å². The van der Waals surface area contributed by atoms with Crippen molar-refractivity contribution in [3.8, 4) is 22.5 Å². The van der Waals surface area contributed by atoms with E-state index in [9.17, 15) is 9.59 Å². The highest BCUT2D eigenvalue weighted by atomic mass is 32.1. The summed E-state index contributed by atoms with van der Waals surface area (Å²) in [6.45, 7) is 1.64. The first-order valence-electron chi connectivity index (χ1n) is 9.92. The molecule has 0 aliphatic carbocycles. The second-order valence-electron chi connectivity index (χ2n) is 7.21. The summed E-state index contributed by atoms with van der Waals surface area (Å²) in [4.78, 5) is 34.9. The molecule has 4 heterocycles. The average Bonchev–Trinajstić information content (AvgIpc) is 3.42. The molecule has 1 N–H and O–H groups in total. The molecule has 0 saturated carbocycles. The van der Waals surface area contributed by atoms with E-state index < -0.39 is 6.04 Å². The third kappa shape index (κ3) is 3.81. The number of amides is 1. The van der Waals surface area contributed by atoms with E-state index in [-0.39, 0.29) is 11.5 Å². The van der Waals surface area contributed by atoms with Crippen molar-refractivity contribution in [1.82, 2.24) is 24.1 Å². The van der Waals surface area contributed by atoms with Crippen molar-refractivity contribution < 1.29 is 4.79 Å². The first-order valence-corrected chi connectivity index (χ1v) is 10.8. The normalized spacial score (nSPS) is 12.0. The zero-order valence-corrected chi connectivity index (χ0v) is 17.9. The van der Waals surface area contributed by atoms with Gasteiger partial charge in [0.1, 0.15) is 6.04 Å². The van der Waals surface area contributed by atoms with E-state index in [4.69, 9.17) is 0 Å². The maximum absolute atomic E-state index is 12.9. The number of hydrogen-bond acceptors (Lipinski definition) is 6. The van der Waals surface area contributed by atoms with Gasteiger partial charge in [-0.1, -0.05) is 12.1 Å². The highest BCUT2D eigenvalue weighted by Gasteiger charge is 2.19. The van der Waals surface area contributed by atoms with Crippen molar-refractivity contribution in [1.29, 1.82) is 0 Å². The number of rotatable bonds is 5. The van der Waals surface area contributed by atoms with Crippen LogP contribution in [0.15, 0.2) is 83.5 Å². The van der Waals surface area contributed by atoms with Crippen LogP contribution in [0.5, 0.6) is 0 Å². The first-order chi connectivity index (χ1) is 15.6. The fourth-order valence-corrected chi connectivity index (χ4v) is 4.05. The van der Waals surface area contributed by atoms with Crippen LogP contribution in [0.2, 0.25) is 0 Å². The van der Waals surface area contributed by atoms with E-state index >= 15 is 0 Å². The van der Waals surface area contributed by atoms with Crippen LogP contribution in [-0.4, -0.2) is 30.1 Å². The maximum Gasteiger partial charge on any atom is 0.267 e. The Balaban J connectivity index is 1.38. The lowest BCUT2D eigenvalue weighted by Gasteiger charge is -2.15. The largest absolute Gasteiger partial charge is 0.324 e. The highest BCUT2D eigenvalue weighted by molar-refractivity contribution is 7.15. The van der Waals surface area contributed by atoms with Gasteiger partial charge in [0.25, 0.3) is 5.56 Å². The molecule has 1 aromatic carbocycles. The molecular formula is C23H18N6O2S. The molecule has 0 radical (unpaired) electrons. The second kappa shape index (κ2) is 8.20. The zero-order valence-electron chi connectivity index (χ0n) is 17.0. The Morgan fingerprint density at radius 2 is 1.97 bits per heavy atom. The number of fused-ring (bicyclic) bond motifs is 1. The lowest BCUT2D eigenvalue weighted by Crippen LogP contribution is -2.33. The fraction of sp³-hybridized carbons (Fsp3) is 0.0870. The lowest BCUT2D eigenvalue weighted by atomic mass is 10.1. The highest BCUT2D eigenvalue weighted by Crippen LogP contribution is 2.24. The number of aromatic nitrogens is 5. The molecule has 9 heteroatoms. The number of carbonyl (C=O) groups is 1. The van der Waals surface area contributed by atoms with Crippen LogP contribution in [0.25, 0.3) is 27.5 Å². The molecule has 4 aromatic heterocycles. The van der Waals surface area contributed by atoms with E-state index in [2.05, 4.69) is 20.4 Å². The van der Waals surface area contributed by atoms with E-state index in [1.165, 1.54) is 10.7 Å². The Hall–Kier alpha value is -4.11. The molecule has 0 bridgehead atoms. The predicted molar refractivity (Wildman–Crippen MR) is 124 cm³/mol. The Kier molecular flexibility index (Phi) is 5.08. The summed E-state index contributed by atoms with van der Waals surface area (Å²) in [5, 5.41) is 9.24. The molecule has 0 saturated heterocycles. The number of anilines is 1. The maximum atomic E-state index is 12.9. The molecule has 0 aliphatic heterocycles. The van der Waals surface area contributed by atoms with Crippen molar-refractivity contribution in [3.63, 3.8) is 0 Å². The predicted octanol–water partition coefficient (Wildman–Crippen LogP) is 3.88. The third-order valence-corrected chi connectivity index (χ3v) is 5.82. The fourth-order valence-electron chi connectivity index (χ4n) is 3.35. The molecule has 32 heavy (non-hydrogen) atoms. The molecule has 1 unspecified atom stereocenters. The number of benzene rings is 1. The van der Waals surface area contributed by atoms with E-state index in [1.54, 1.807) is 48.9 Å². The van der Waals surface area contributed by atoms with Crippen molar-refractivity contribution in [2.45, 2.75) is 13.0 Å². The standard InChI is InChI=1S/C23H18N6O2S/c1-15(29-21(30)8-7-19(27-29)17-5-3-9-24-13-17)22(31)25-18-6-2-4-16(12-18)20-14-28-10-11-32-23(28)26-20/h2-15H,1H3,(H,25,31). The van der Waals surface area contributed by atoms with Gasteiger partial charge in [0.2, 0.25) is 5.91 Å². The van der Waals surface area contributed by atoms with Gasteiger partial charge in [-0.2, -0.15) is 5.10 Å². The second-order valence-corrected chi connectivity index (χ2v) is 8.08. The van der Waals surface area contributed by atoms with E-state index in [0.717, 1.165) is 21.8 Å². The van der Waals surface area contributed by atoms with Gasteiger partial charge in [-0.15, -0.1) is 11.3 Å². The van der Waals surface area contributed by atoms with Gasteiger partial charge in [0, 0.05) is 53.0 Å². The number of nitrogens with one attached hydrogen (secondary N) is 1. The van der Waals surface area contributed by atoms with Crippen molar-refractivity contribution >= 4 is 27.9 Å². The minimum atomic E-state index is -0.805. The molecule has 0 spiro atoms. The summed E-state index contributed by atoms with van der Waals surface area (Å²) in [7, 11) is 0. The summed E-state index contributed by atoms with van der Waals surface area (Å²) >= 11 is 1.56. The molecule has 158 valence electrons. The van der Waals surface area contributed by atoms with Crippen LogP contribution >= 0.6 is 11.3 Å². The summed E-state index contributed by atoms with van der Waals surface area (Å²) in [5.41, 5.74) is 3.31. The van der Waals surface area contributed by atoms with Crippen LogP contribution in [0, 0.1) is 0 Å². The first kappa shape index (κ1) is 19.8. The monoisotopic (exact) mass is 442 g/mol. The molecule has 5 aromatic rings. The van der Waals surface area contributed by atoms with Gasteiger partial charge in [0.15, 0.2) is 4.96 Å². The van der Waals surface area contributed by atoms with Crippen molar-refractivity contribution in [3.05, 3.63) is 89.1 Å². The van der Waals surface area contributed by atoms with Gasteiger partial charge < -0.3 is 5.32 Å². The van der Waals surface area contributed by atoms with Crippen molar-refractivity contribution in [2.75, 3.05) is 5.32 Å². The van der Waals surface area contributed by atoms with Gasteiger partial charge in [-0.25, -0.2) is 9.67 Å². The van der Waals surface area contributed by atoms with Crippen LogP contribution in [0.4, 0.5) is 5.69 Å². The number of pyridine rings is 1. The quantitative estimate of drug-likeness (QED) is 0.446. The Morgan fingerprint density at radius 1 is 1.09 bits per heavy atom. The third-order valence-electron chi connectivity index (χ3n) is 5.05. The van der Waals surface area contributed by atoms with Crippen LogP contribution in [0.1, 0.15) is 13.0 Å². The van der Waals surface area contributed by atoms with E-state index in [0.29, 0.717) is 11.4 Å². The number of carbonyl (C=O) groups excluding carboxylic acids is 1. The number of thiazole rings is 1. The number of hydrogen-bond donors (Lipinski definition) is 1. The van der Waals surface area contributed by atoms with Gasteiger partial charge >= 0.3 is 0 Å². The molecule has 5 rings (SSSR count). The smallest absolute Gasteiger partial charge is 0.267 e. The number of nitrogens with zero attached hydrogens (tertiary/aromatic N) is 5. The minimum Gasteiger partial charge on any atom is -0.324 e. The summed E-state index contributed by atoms with van der Waals surface area (Å²) in [6, 6.07) is 13.3. The molecule has 0 aliphatic rings. The summed E-state index contributed by atoms with van der Waals surface area (Å²) in [5.74, 6) is -0.342. The van der Waals surface area contributed by atoms with Gasteiger partial charge in [-0.3, -0.25) is 19.0 Å². The van der Waals surface area contributed by atoms with Gasteiger partial charge in [0.05, 0.1) is 11.4 Å². The topological polar surface area (TPSA) is 94.2 Å². The Bertz CT molecular complexity index is 1440. The van der Waals surface area contributed by atoms with Crippen LogP contribution < -0.4 is 10.9 Å². The zero-order chi connectivity index (χ0) is 22.1. The SMILES string of the molecule is CC(C(=O)Nc1cccc(-c2cn3ccsc3n2)c1)n1nc(-c2cccnc2)ccc1=O. The van der Waals surface area contributed by atoms with E-state index in [1.807, 2.05) is 46.4 Å². The van der Waals surface area contributed by atoms with Crippen LogP contribution in [0.3, 0.4) is 0 Å². The molecular weight excluding hydrogens is 424 g/mol. The number of imidazole rings is 1. The summed E-state index contributed by atoms with van der Waals surface area (Å²) in [6.07, 6.45) is 7.22. The molecule has 1 atom stereocenters. The minimum absolute atomic E-state index is 0.342.